The predicted octanol–water partition coefficient (Wildman–Crippen LogP) is 4.61. The van der Waals surface area contributed by atoms with Crippen LogP contribution in [0.2, 0.25) is 5.02 Å². The molecule has 7 nitrogen and oxygen atoms in total. The maximum Gasteiger partial charge on any atom is 0.222 e. The summed E-state index contributed by atoms with van der Waals surface area (Å²) in [5.41, 5.74) is 4.71. The van der Waals surface area contributed by atoms with E-state index in [9.17, 15) is 4.79 Å². The molecule has 0 saturated heterocycles. The summed E-state index contributed by atoms with van der Waals surface area (Å²) in [6, 6.07) is 11.3. The number of carbonyl (C=O) groups is 1. The number of benzene rings is 2. The van der Waals surface area contributed by atoms with E-state index in [1.54, 1.807) is 7.11 Å². The third-order valence-corrected chi connectivity index (χ3v) is 5.96. The zero-order valence-corrected chi connectivity index (χ0v) is 20.1. The highest BCUT2D eigenvalue weighted by molar-refractivity contribution is 6.31. The maximum absolute atomic E-state index is 12.6. The van der Waals surface area contributed by atoms with Crippen LogP contribution in [0.5, 0.6) is 5.75 Å². The van der Waals surface area contributed by atoms with Crippen LogP contribution in [-0.4, -0.2) is 40.0 Å². The molecule has 0 saturated carbocycles. The number of rotatable bonds is 7. The number of amides is 1. The van der Waals surface area contributed by atoms with Gasteiger partial charge in [-0.25, -0.2) is 0 Å². The molecule has 172 valence electrons. The van der Waals surface area contributed by atoms with E-state index in [4.69, 9.17) is 21.3 Å². The molecular weight excluding hydrogens is 438 g/mol. The van der Waals surface area contributed by atoms with Crippen LogP contribution in [0, 0.1) is 6.92 Å². The molecule has 8 heteroatoms. The topological polar surface area (TPSA) is 81.4 Å². The molecule has 0 fully saturated rings. The Morgan fingerprint density at radius 3 is 2.70 bits per heavy atom. The first-order chi connectivity index (χ1) is 16.0. The van der Waals surface area contributed by atoms with E-state index in [1.807, 2.05) is 54.8 Å². The van der Waals surface area contributed by atoms with Gasteiger partial charge in [0, 0.05) is 22.7 Å². The quantitative estimate of drug-likeness (QED) is 0.552. The van der Waals surface area contributed by atoms with Crippen molar-refractivity contribution >= 4 is 23.2 Å². The third-order valence-electron chi connectivity index (χ3n) is 5.73. The lowest BCUT2D eigenvalue weighted by atomic mass is 9.94. The van der Waals surface area contributed by atoms with E-state index in [2.05, 4.69) is 22.4 Å². The van der Waals surface area contributed by atoms with Crippen LogP contribution < -0.4 is 10.1 Å². The first-order valence-corrected chi connectivity index (χ1v) is 11.6. The predicted molar refractivity (Wildman–Crippen MR) is 130 cm³/mol. The maximum atomic E-state index is 12.6. The van der Waals surface area contributed by atoms with E-state index < -0.39 is 6.04 Å². The summed E-state index contributed by atoms with van der Waals surface area (Å²) in [6.07, 6.45) is 2.01. The smallest absolute Gasteiger partial charge is 0.222 e. The van der Waals surface area contributed by atoms with E-state index in [0.717, 1.165) is 52.5 Å². The largest absolute Gasteiger partial charge is 0.497 e. The monoisotopic (exact) mass is 465 g/mol. The van der Waals surface area contributed by atoms with Crippen LogP contribution in [0.1, 0.15) is 61.1 Å². The van der Waals surface area contributed by atoms with Gasteiger partial charge < -0.3 is 10.1 Å². The van der Waals surface area contributed by atoms with E-state index in [0.29, 0.717) is 17.4 Å². The van der Waals surface area contributed by atoms with Gasteiger partial charge in [-0.1, -0.05) is 31.0 Å². The first-order valence-electron chi connectivity index (χ1n) is 11.2. The molecule has 1 aliphatic heterocycles. The minimum atomic E-state index is -0.490. The number of halogens is 1. The van der Waals surface area contributed by atoms with Crippen LogP contribution in [-0.2, 0) is 11.2 Å². The Labute approximate surface area is 198 Å². The molecule has 0 spiro atoms. The molecule has 1 aliphatic rings. The van der Waals surface area contributed by atoms with Gasteiger partial charge in [0.1, 0.15) is 17.6 Å². The van der Waals surface area contributed by atoms with Crippen molar-refractivity contribution in [3.8, 4) is 11.4 Å². The Hall–Kier alpha value is -3.19. The average molecular weight is 466 g/mol. The summed E-state index contributed by atoms with van der Waals surface area (Å²) < 4.78 is 7.54. The van der Waals surface area contributed by atoms with Gasteiger partial charge in [-0.2, -0.15) is 0 Å². The molecule has 3 aromatic rings. The Morgan fingerprint density at radius 1 is 1.15 bits per heavy atom. The molecule has 0 bridgehead atoms. The number of nitrogens with zero attached hydrogens (tertiary/aromatic N) is 4. The molecule has 2 heterocycles. The Kier molecular flexibility index (Phi) is 6.79. The number of carbonyl (C=O) groups excluding carboxylic acids is 1. The van der Waals surface area contributed by atoms with Gasteiger partial charge in [-0.05, 0) is 56.2 Å². The van der Waals surface area contributed by atoms with Crippen molar-refractivity contribution < 1.29 is 9.53 Å². The summed E-state index contributed by atoms with van der Waals surface area (Å²) in [5.74, 6) is 2.03. The fourth-order valence-corrected chi connectivity index (χ4v) is 4.46. The number of aliphatic imine (C=N–C) groups is 1. The highest BCUT2D eigenvalue weighted by Gasteiger charge is 2.30. The zero-order chi connectivity index (χ0) is 23.5. The van der Waals surface area contributed by atoms with Crippen molar-refractivity contribution in [3.05, 3.63) is 69.8 Å². The summed E-state index contributed by atoms with van der Waals surface area (Å²) >= 11 is 6.35. The van der Waals surface area contributed by atoms with Gasteiger partial charge >= 0.3 is 0 Å². The van der Waals surface area contributed by atoms with Gasteiger partial charge in [0.05, 0.1) is 24.9 Å². The third kappa shape index (κ3) is 4.50. The van der Waals surface area contributed by atoms with Crippen molar-refractivity contribution in [2.24, 2.45) is 4.99 Å². The number of aromatic nitrogens is 3. The number of ether oxygens (including phenoxy) is 1. The number of nitrogens with one attached hydrogen (secondary N) is 1. The molecule has 1 N–H and O–H groups in total. The molecule has 1 amide bonds. The lowest BCUT2D eigenvalue weighted by molar-refractivity contribution is -0.121. The number of hydrogen-bond acceptors (Lipinski definition) is 5. The van der Waals surface area contributed by atoms with E-state index in [1.165, 1.54) is 0 Å². The summed E-state index contributed by atoms with van der Waals surface area (Å²) in [6.45, 7) is 6.50. The van der Waals surface area contributed by atoms with E-state index >= 15 is 0 Å². The highest BCUT2D eigenvalue weighted by atomic mass is 35.5. The van der Waals surface area contributed by atoms with Crippen LogP contribution in [0.25, 0.3) is 5.69 Å². The standard InChI is InChI=1S/C25H28ClN5O2/c1-5-7-16-12-17(26)8-10-19(16)24-20-13-18(33-4)9-11-22(20)31-15(3)29-30-25(31)21(28-24)14-23(32)27-6-2/h8-13,21H,5-7,14H2,1-4H3,(H,27,32). The number of aryl methyl sites for hydroxylation is 2. The van der Waals surface area contributed by atoms with Gasteiger partial charge in [0.15, 0.2) is 5.82 Å². The first kappa shape index (κ1) is 23.0. The second-order valence-corrected chi connectivity index (χ2v) is 8.46. The van der Waals surface area contributed by atoms with Crippen molar-refractivity contribution in [2.45, 2.75) is 46.1 Å². The summed E-state index contributed by atoms with van der Waals surface area (Å²) in [7, 11) is 1.65. The highest BCUT2D eigenvalue weighted by Crippen LogP contribution is 2.35. The minimum absolute atomic E-state index is 0.0776. The second kappa shape index (κ2) is 9.75. The van der Waals surface area contributed by atoms with Gasteiger partial charge in [-0.15, -0.1) is 10.2 Å². The van der Waals surface area contributed by atoms with Crippen molar-refractivity contribution in [1.82, 2.24) is 20.1 Å². The molecular formula is C25H28ClN5O2. The number of fused-ring (bicyclic) bond motifs is 3. The van der Waals surface area contributed by atoms with Crippen molar-refractivity contribution in [2.75, 3.05) is 13.7 Å². The van der Waals surface area contributed by atoms with Gasteiger partial charge in [0.25, 0.3) is 0 Å². The second-order valence-electron chi connectivity index (χ2n) is 8.03. The molecule has 0 radical (unpaired) electrons. The lowest BCUT2D eigenvalue weighted by Gasteiger charge is -2.16. The average Bonchev–Trinajstić information content (AvgIpc) is 3.12. The Bertz CT molecular complexity index is 1220. The van der Waals surface area contributed by atoms with Crippen LogP contribution >= 0.6 is 11.6 Å². The normalized spacial score (nSPS) is 14.7. The van der Waals surface area contributed by atoms with Gasteiger partial charge in [-0.3, -0.25) is 14.4 Å². The Morgan fingerprint density at radius 2 is 1.97 bits per heavy atom. The number of hydrogen-bond donors (Lipinski definition) is 1. The van der Waals surface area contributed by atoms with Crippen molar-refractivity contribution in [3.63, 3.8) is 0 Å². The van der Waals surface area contributed by atoms with Crippen LogP contribution in [0.15, 0.2) is 41.4 Å². The molecule has 0 aliphatic carbocycles. The van der Waals surface area contributed by atoms with Crippen LogP contribution in [0.3, 0.4) is 0 Å². The lowest BCUT2D eigenvalue weighted by Crippen LogP contribution is -2.25. The molecule has 4 rings (SSSR count). The molecule has 1 unspecified atom stereocenters. The summed E-state index contributed by atoms with van der Waals surface area (Å²) in [5, 5.41) is 12.3. The Balaban J connectivity index is 2.00. The van der Waals surface area contributed by atoms with E-state index in [-0.39, 0.29) is 12.3 Å². The molecule has 1 atom stereocenters. The summed E-state index contributed by atoms with van der Waals surface area (Å²) in [4.78, 5) is 17.7. The number of methoxy groups -OCH3 is 1. The minimum Gasteiger partial charge on any atom is -0.497 e. The zero-order valence-electron chi connectivity index (χ0n) is 19.4. The molecule has 33 heavy (non-hydrogen) atoms. The van der Waals surface area contributed by atoms with Crippen molar-refractivity contribution in [1.29, 1.82) is 0 Å². The van der Waals surface area contributed by atoms with Gasteiger partial charge in [0.2, 0.25) is 5.91 Å². The molecule has 2 aromatic carbocycles. The molecule has 1 aromatic heterocycles. The fourth-order valence-electron chi connectivity index (χ4n) is 4.27. The van der Waals surface area contributed by atoms with Crippen LogP contribution in [0.4, 0.5) is 0 Å². The fraction of sp³-hybridized carbons (Fsp3) is 0.360. The SMILES string of the molecule is CCCc1cc(Cl)ccc1C1=NC(CC(=O)NCC)c2nnc(C)n2-c2ccc(OC)cc21.